The third-order valence-corrected chi connectivity index (χ3v) is 3.13. The lowest BCUT2D eigenvalue weighted by Crippen LogP contribution is -2.38. The van der Waals surface area contributed by atoms with Crippen molar-refractivity contribution in [3.8, 4) is 0 Å². The molecule has 1 aromatic rings. The zero-order valence-electron chi connectivity index (χ0n) is 13.5. The number of Topliss-reactive ketones (excluding diaryl/α,β-unsaturated/α-hetero) is 1. The summed E-state index contributed by atoms with van der Waals surface area (Å²) in [6, 6.07) is 0.705. The molecule has 1 unspecified atom stereocenters. The third-order valence-electron chi connectivity index (χ3n) is 2.58. The first-order valence-corrected chi connectivity index (χ1v) is 7.68. The number of esters is 2. The molecule has 0 saturated heterocycles. The Morgan fingerprint density at radius 1 is 1.21 bits per heavy atom. The minimum absolute atomic E-state index is 0.0631. The number of hydrogen-bond acceptors (Lipinski definition) is 6. The molecule has 0 radical (unpaired) electrons. The Labute approximate surface area is 148 Å². The molecule has 0 spiro atoms. The first kappa shape index (κ1) is 20.3. The van der Waals surface area contributed by atoms with Gasteiger partial charge in [0.25, 0.3) is 0 Å². The van der Waals surface area contributed by atoms with E-state index in [0.717, 1.165) is 0 Å². The van der Waals surface area contributed by atoms with Gasteiger partial charge in [-0.15, -0.1) is 0 Å². The predicted molar refractivity (Wildman–Crippen MR) is 84.5 cm³/mol. The molecule has 0 aliphatic carbocycles. The van der Waals surface area contributed by atoms with Gasteiger partial charge in [0.2, 0.25) is 5.92 Å². The highest BCUT2D eigenvalue weighted by atomic mass is 35.5. The lowest BCUT2D eigenvalue weighted by molar-refractivity contribution is -0.166. The van der Waals surface area contributed by atoms with Crippen LogP contribution in [0.1, 0.15) is 38.1 Å². The van der Waals surface area contributed by atoms with Crippen LogP contribution in [0, 0.1) is 11.7 Å². The number of rotatable bonds is 5. The molecule has 0 bridgehead atoms. The summed E-state index contributed by atoms with van der Waals surface area (Å²) in [6.07, 6.45) is 0. The van der Waals surface area contributed by atoms with Crippen molar-refractivity contribution in [3.63, 3.8) is 0 Å². The molecule has 6 nitrogen and oxygen atoms in total. The minimum Gasteiger partial charge on any atom is -0.465 e. The summed E-state index contributed by atoms with van der Waals surface area (Å²) in [5.74, 6) is -6.29. The maximum absolute atomic E-state index is 13.6. The Balaban J connectivity index is 3.29. The molecule has 0 saturated carbocycles. The van der Waals surface area contributed by atoms with Gasteiger partial charge in [0.15, 0.2) is 16.8 Å². The van der Waals surface area contributed by atoms with Gasteiger partial charge in [0.05, 0.1) is 12.2 Å². The van der Waals surface area contributed by atoms with Gasteiger partial charge in [-0.2, -0.15) is 0 Å². The summed E-state index contributed by atoms with van der Waals surface area (Å²) < 4.78 is 23.4. The summed E-state index contributed by atoms with van der Waals surface area (Å²) in [6.45, 7) is 6.13. The Bertz CT molecular complexity index is 673. The van der Waals surface area contributed by atoms with Crippen molar-refractivity contribution in [1.82, 2.24) is 4.98 Å². The van der Waals surface area contributed by atoms with Crippen LogP contribution >= 0.6 is 23.2 Å². The summed E-state index contributed by atoms with van der Waals surface area (Å²) in [5, 5.41) is -0.981. The molecular formula is C15H16Cl2FNO5. The number of nitrogens with zero attached hydrogens (tertiary/aromatic N) is 1. The number of carbonyl (C=O) groups is 3. The summed E-state index contributed by atoms with van der Waals surface area (Å²) in [7, 11) is 0. The number of carbonyl (C=O) groups excluding carboxylic acids is 3. The lowest BCUT2D eigenvalue weighted by atomic mass is 9.98. The highest BCUT2D eigenvalue weighted by Gasteiger charge is 2.40. The zero-order valence-corrected chi connectivity index (χ0v) is 15.0. The van der Waals surface area contributed by atoms with E-state index in [1.807, 2.05) is 0 Å². The zero-order chi connectivity index (χ0) is 18.7. The van der Waals surface area contributed by atoms with Crippen LogP contribution in [-0.4, -0.2) is 34.9 Å². The quantitative estimate of drug-likeness (QED) is 0.338. The fraction of sp³-hybridized carbons (Fsp3) is 0.467. The summed E-state index contributed by atoms with van der Waals surface area (Å²) in [5.41, 5.74) is -1.42. The van der Waals surface area contributed by atoms with Crippen LogP contribution in [0.2, 0.25) is 10.3 Å². The molecule has 9 heteroatoms. The molecular weight excluding hydrogens is 364 g/mol. The van der Waals surface area contributed by atoms with Crippen molar-refractivity contribution in [2.24, 2.45) is 5.92 Å². The van der Waals surface area contributed by atoms with E-state index in [0.29, 0.717) is 6.07 Å². The van der Waals surface area contributed by atoms with Crippen molar-refractivity contribution in [2.45, 2.75) is 33.3 Å². The largest absolute Gasteiger partial charge is 0.465 e. The topological polar surface area (TPSA) is 82.6 Å². The van der Waals surface area contributed by atoms with Gasteiger partial charge in [-0.05, 0) is 33.8 Å². The number of halogens is 3. The van der Waals surface area contributed by atoms with E-state index in [-0.39, 0.29) is 6.61 Å². The van der Waals surface area contributed by atoms with Gasteiger partial charge >= 0.3 is 11.9 Å². The number of ether oxygens (including phenoxy) is 2. The second-order valence-electron chi connectivity index (χ2n) is 5.68. The maximum atomic E-state index is 13.6. The predicted octanol–water partition coefficient (Wildman–Crippen LogP) is 3.23. The minimum atomic E-state index is -1.94. The van der Waals surface area contributed by atoms with Gasteiger partial charge in [-0.1, -0.05) is 23.2 Å². The van der Waals surface area contributed by atoms with Crippen LogP contribution in [0.4, 0.5) is 4.39 Å². The molecule has 0 aliphatic heterocycles. The molecule has 0 aliphatic rings. The molecule has 1 atom stereocenters. The standard InChI is InChI=1S/C15H16Cl2FNO5/c1-5-23-13(21)9(14(22)24-15(2,3)4)10(20)7-6-8(18)12(17)19-11(7)16/h6,9H,5H2,1-4H3. The van der Waals surface area contributed by atoms with Crippen LogP contribution in [0.3, 0.4) is 0 Å². The average molecular weight is 380 g/mol. The van der Waals surface area contributed by atoms with E-state index in [9.17, 15) is 18.8 Å². The van der Waals surface area contributed by atoms with Crippen molar-refractivity contribution in [3.05, 3.63) is 27.8 Å². The third kappa shape index (κ3) is 5.14. The van der Waals surface area contributed by atoms with E-state index in [1.165, 1.54) is 6.92 Å². The molecule has 24 heavy (non-hydrogen) atoms. The van der Waals surface area contributed by atoms with Crippen LogP contribution in [0.25, 0.3) is 0 Å². The smallest absolute Gasteiger partial charge is 0.328 e. The lowest BCUT2D eigenvalue weighted by Gasteiger charge is -2.22. The summed E-state index contributed by atoms with van der Waals surface area (Å²) in [4.78, 5) is 40.2. The van der Waals surface area contributed by atoms with E-state index in [4.69, 9.17) is 32.7 Å². The molecule has 1 aromatic heterocycles. The molecule has 1 rings (SSSR count). The fourth-order valence-corrected chi connectivity index (χ4v) is 2.09. The molecule has 0 N–H and O–H groups in total. The Morgan fingerprint density at radius 3 is 2.29 bits per heavy atom. The first-order chi connectivity index (χ1) is 11.0. The van der Waals surface area contributed by atoms with Crippen molar-refractivity contribution in [1.29, 1.82) is 0 Å². The Kier molecular flexibility index (Phi) is 6.68. The van der Waals surface area contributed by atoms with E-state index >= 15 is 0 Å². The number of ketones is 1. The van der Waals surface area contributed by atoms with Crippen LogP contribution in [-0.2, 0) is 19.1 Å². The molecule has 132 valence electrons. The van der Waals surface area contributed by atoms with Crippen LogP contribution < -0.4 is 0 Å². The molecule has 1 heterocycles. The molecule has 0 aromatic carbocycles. The van der Waals surface area contributed by atoms with Crippen LogP contribution in [0.15, 0.2) is 6.07 Å². The average Bonchev–Trinajstić information content (AvgIpc) is 2.41. The second kappa shape index (κ2) is 7.90. The normalized spacial score (nSPS) is 12.5. The van der Waals surface area contributed by atoms with Crippen LogP contribution in [0.5, 0.6) is 0 Å². The Morgan fingerprint density at radius 2 is 1.79 bits per heavy atom. The van der Waals surface area contributed by atoms with Gasteiger partial charge in [-0.3, -0.25) is 14.4 Å². The number of pyridine rings is 1. The monoisotopic (exact) mass is 379 g/mol. The first-order valence-electron chi connectivity index (χ1n) is 6.93. The molecule has 0 fully saturated rings. The second-order valence-corrected chi connectivity index (χ2v) is 6.40. The highest BCUT2D eigenvalue weighted by molar-refractivity contribution is 6.36. The van der Waals surface area contributed by atoms with Gasteiger partial charge in [0.1, 0.15) is 10.8 Å². The highest BCUT2D eigenvalue weighted by Crippen LogP contribution is 2.25. The van der Waals surface area contributed by atoms with E-state index < -0.39 is 50.9 Å². The van der Waals surface area contributed by atoms with Gasteiger partial charge in [0, 0.05) is 0 Å². The maximum Gasteiger partial charge on any atom is 0.328 e. The van der Waals surface area contributed by atoms with Gasteiger partial charge < -0.3 is 9.47 Å². The van der Waals surface area contributed by atoms with Crippen molar-refractivity contribution >= 4 is 40.9 Å². The number of hydrogen-bond donors (Lipinski definition) is 0. The Hall–Kier alpha value is -1.73. The summed E-state index contributed by atoms with van der Waals surface area (Å²) >= 11 is 11.2. The van der Waals surface area contributed by atoms with Crippen molar-refractivity contribution in [2.75, 3.05) is 6.61 Å². The van der Waals surface area contributed by atoms with E-state index in [1.54, 1.807) is 20.8 Å². The SMILES string of the molecule is CCOC(=O)C(C(=O)OC(C)(C)C)C(=O)c1cc(F)c(Cl)nc1Cl. The van der Waals surface area contributed by atoms with E-state index in [2.05, 4.69) is 4.98 Å². The molecule has 0 amide bonds. The van der Waals surface area contributed by atoms with Gasteiger partial charge in [-0.25, -0.2) is 9.37 Å². The fourth-order valence-electron chi connectivity index (χ4n) is 1.67. The van der Waals surface area contributed by atoms with Crippen molar-refractivity contribution < 1.29 is 28.2 Å². The number of aromatic nitrogens is 1.